The molecule has 2 unspecified atom stereocenters. The molecule has 0 amide bonds. The van der Waals surface area contributed by atoms with E-state index in [-0.39, 0.29) is 35.1 Å². The van der Waals surface area contributed by atoms with Crippen LogP contribution in [0.15, 0.2) is 158 Å². The predicted molar refractivity (Wildman–Crippen MR) is 272 cm³/mol. The van der Waals surface area contributed by atoms with Crippen LogP contribution in [0.3, 0.4) is 0 Å². The van der Waals surface area contributed by atoms with E-state index in [2.05, 4.69) is 9.47 Å². The quantitative estimate of drug-likeness (QED) is 0.0802. The van der Waals surface area contributed by atoms with Crippen LogP contribution < -0.4 is 4.74 Å². The maximum atomic E-state index is 17.7. The van der Waals surface area contributed by atoms with Crippen molar-refractivity contribution in [3.8, 4) is 33.8 Å². The van der Waals surface area contributed by atoms with Gasteiger partial charge in [-0.1, -0.05) is 133 Å². The molecule has 0 saturated heterocycles. The van der Waals surface area contributed by atoms with Gasteiger partial charge in [-0.25, -0.2) is 17.6 Å². The van der Waals surface area contributed by atoms with Crippen molar-refractivity contribution in [3.05, 3.63) is 248 Å². The minimum Gasteiger partial charge on any atom is -0.456 e. The van der Waals surface area contributed by atoms with Gasteiger partial charge in [0, 0.05) is 49.3 Å². The van der Waals surface area contributed by atoms with Crippen molar-refractivity contribution >= 4 is 0 Å². The lowest BCUT2D eigenvalue weighted by Gasteiger charge is -2.28. The zero-order chi connectivity index (χ0) is 57.2. The van der Waals surface area contributed by atoms with E-state index in [4.69, 9.17) is 4.74 Å². The Bertz CT molecular complexity index is 3230. The van der Waals surface area contributed by atoms with Crippen LogP contribution in [0.4, 0.5) is 61.5 Å². The molecule has 412 valence electrons. The summed E-state index contributed by atoms with van der Waals surface area (Å²) in [5.74, 6) is -16.7. The van der Waals surface area contributed by atoms with Crippen molar-refractivity contribution in [2.75, 3.05) is 14.2 Å². The van der Waals surface area contributed by atoms with Crippen LogP contribution >= 0.6 is 0 Å². The predicted octanol–water partition coefficient (Wildman–Crippen LogP) is 17.7. The molecule has 0 radical (unpaired) electrons. The van der Waals surface area contributed by atoms with Gasteiger partial charge in [0.1, 0.15) is 45.9 Å². The highest BCUT2D eigenvalue weighted by molar-refractivity contribution is 5.66. The van der Waals surface area contributed by atoms with E-state index in [1.165, 1.54) is 72.8 Å². The minimum atomic E-state index is -5.14. The van der Waals surface area contributed by atoms with Gasteiger partial charge in [0.25, 0.3) is 0 Å². The third-order valence-corrected chi connectivity index (χ3v) is 13.6. The van der Waals surface area contributed by atoms with Crippen molar-refractivity contribution in [1.82, 2.24) is 0 Å². The Balaban J connectivity index is 1.25. The molecule has 0 bridgehead atoms. The first kappa shape index (κ1) is 57.7. The third-order valence-electron chi connectivity index (χ3n) is 13.6. The lowest BCUT2D eigenvalue weighted by atomic mass is 9.89. The monoisotopic (exact) mass is 1110 g/mol. The molecule has 8 aromatic rings. The normalized spacial score (nSPS) is 13.1. The summed E-state index contributed by atoms with van der Waals surface area (Å²) in [6.45, 7) is 3.41. The summed E-state index contributed by atoms with van der Waals surface area (Å²) in [5, 5.41) is 0. The smallest absolute Gasteiger partial charge is 0.414 e. The van der Waals surface area contributed by atoms with E-state index in [1.807, 2.05) is 0 Å². The van der Waals surface area contributed by atoms with Gasteiger partial charge < -0.3 is 14.2 Å². The molecule has 0 spiro atoms. The summed E-state index contributed by atoms with van der Waals surface area (Å²) in [4.78, 5) is 0. The number of ether oxygens (including phenoxy) is 3. The number of hydrogen-bond acceptors (Lipinski definition) is 3. The summed E-state index contributed by atoms with van der Waals surface area (Å²) < 4.78 is 234. The van der Waals surface area contributed by atoms with E-state index in [9.17, 15) is 35.1 Å². The first-order valence-electron chi connectivity index (χ1n) is 24.5. The molecular weight excluding hydrogens is 1060 g/mol. The Hall–Kier alpha value is -7.50. The summed E-state index contributed by atoms with van der Waals surface area (Å²) in [6.07, 6.45) is -19.0. The highest BCUT2D eigenvalue weighted by Gasteiger charge is 2.48. The van der Waals surface area contributed by atoms with E-state index < -0.39 is 117 Å². The largest absolute Gasteiger partial charge is 0.456 e. The number of rotatable bonds is 18. The van der Waals surface area contributed by atoms with E-state index >= 15 is 26.3 Å². The van der Waals surface area contributed by atoms with Gasteiger partial charge in [-0.3, -0.25) is 0 Å². The van der Waals surface area contributed by atoms with Crippen molar-refractivity contribution in [2.45, 2.75) is 75.9 Å². The maximum absolute atomic E-state index is 17.7. The average molecular weight is 1110 g/mol. The molecule has 3 nitrogen and oxygen atoms in total. The molecule has 2 atom stereocenters. The van der Waals surface area contributed by atoms with Crippen molar-refractivity contribution < 1.29 is 75.7 Å². The minimum absolute atomic E-state index is 0.156. The van der Waals surface area contributed by atoms with E-state index in [1.54, 1.807) is 62.4 Å². The number of methoxy groups -OCH3 is 2. The first-order valence-corrected chi connectivity index (χ1v) is 24.5. The van der Waals surface area contributed by atoms with Crippen molar-refractivity contribution in [3.63, 3.8) is 0 Å². The van der Waals surface area contributed by atoms with Gasteiger partial charge in [0.15, 0.2) is 12.2 Å². The Morgan fingerprint density at radius 2 is 0.759 bits per heavy atom. The topological polar surface area (TPSA) is 27.7 Å². The second kappa shape index (κ2) is 23.1. The van der Waals surface area contributed by atoms with Gasteiger partial charge in [0.05, 0.1) is 0 Å². The van der Waals surface area contributed by atoms with Crippen LogP contribution in [0.1, 0.15) is 66.8 Å². The fraction of sp³-hybridized carbons (Fsp3) is 0.226. The zero-order valence-electron chi connectivity index (χ0n) is 42.5. The van der Waals surface area contributed by atoms with Gasteiger partial charge in [-0.15, -0.1) is 0 Å². The molecule has 0 saturated carbocycles. The SMILES string of the molecule is COC(Cc1ccc(Oc2ccc(CC(OC)C(F)(F)F)c(F)c2C(F)(F)c2ccccc2Cc2ccc(-c3ccc(C)cc3F)cc2)c(C(F)(F)c2ccccc2Cc2ccc(-c3ccc(C)cc3F)cc2)c1F)C(F)(F)F. The lowest BCUT2D eigenvalue weighted by Crippen LogP contribution is -2.33. The van der Waals surface area contributed by atoms with Crippen LogP contribution in [-0.2, 0) is 47.0 Å². The Kier molecular flexibility index (Phi) is 16.8. The third kappa shape index (κ3) is 12.5. The second-order valence-electron chi connectivity index (χ2n) is 19.0. The van der Waals surface area contributed by atoms with Gasteiger partial charge in [0.2, 0.25) is 0 Å². The van der Waals surface area contributed by atoms with Crippen LogP contribution in [-0.4, -0.2) is 38.8 Å². The Morgan fingerprint density at radius 1 is 0.405 bits per heavy atom. The van der Waals surface area contributed by atoms with Gasteiger partial charge in [-0.05, 0) is 107 Å². The molecule has 0 fully saturated rings. The number of hydrogen-bond donors (Lipinski definition) is 0. The second-order valence-corrected chi connectivity index (χ2v) is 19.0. The molecule has 0 heterocycles. The van der Waals surface area contributed by atoms with Crippen LogP contribution in [0.5, 0.6) is 11.5 Å². The number of benzene rings is 8. The van der Waals surface area contributed by atoms with E-state index in [0.717, 1.165) is 12.1 Å². The summed E-state index contributed by atoms with van der Waals surface area (Å²) in [7, 11) is 1.32. The number of aryl methyl sites for hydroxylation is 2. The van der Waals surface area contributed by atoms with Crippen molar-refractivity contribution in [2.24, 2.45) is 0 Å². The fourth-order valence-electron chi connectivity index (χ4n) is 9.44. The molecule has 0 aromatic heterocycles. The molecular formula is C62H48F14O3. The van der Waals surface area contributed by atoms with Gasteiger partial charge in [-0.2, -0.15) is 43.9 Å². The summed E-state index contributed by atoms with van der Waals surface area (Å²) >= 11 is 0. The Labute approximate surface area is 446 Å². The van der Waals surface area contributed by atoms with Crippen LogP contribution in [0.2, 0.25) is 0 Å². The molecule has 17 heteroatoms. The lowest BCUT2D eigenvalue weighted by molar-refractivity contribution is -0.212. The molecule has 0 aliphatic carbocycles. The maximum Gasteiger partial charge on any atom is 0.414 e. The first-order chi connectivity index (χ1) is 37.3. The molecule has 0 aliphatic heterocycles. The highest BCUT2D eigenvalue weighted by Crippen LogP contribution is 2.50. The van der Waals surface area contributed by atoms with Crippen LogP contribution in [0.25, 0.3) is 22.3 Å². The molecule has 8 aromatic carbocycles. The van der Waals surface area contributed by atoms with Gasteiger partial charge >= 0.3 is 24.2 Å². The zero-order valence-corrected chi connectivity index (χ0v) is 42.5. The Morgan fingerprint density at radius 3 is 1.09 bits per heavy atom. The molecule has 0 aliphatic rings. The van der Waals surface area contributed by atoms with E-state index in [0.29, 0.717) is 71.9 Å². The van der Waals surface area contributed by atoms with Crippen molar-refractivity contribution in [1.29, 1.82) is 0 Å². The number of alkyl halides is 10. The average Bonchev–Trinajstić information content (AvgIpc) is 3.51. The molecule has 79 heavy (non-hydrogen) atoms. The standard InChI is InChI=1S/C62H48F14O3/c1-35-13-25-45(49(63)29-35)39-19-15-37(16-20-39)31-41-9-5-7-11-47(41)59(67,68)55-51(27-23-43(57(55)65)33-53(77-3)61(71,72)73)79-52-28-24-44(34-54(78-4)62(74,75)76)58(66)56(52)60(69,70)48-12-8-6-10-42(48)32-38-17-21-40(22-18-38)46-26-14-36(2)30-50(46)64/h5-30,53-54H,31-34H2,1-4H3. The molecule has 8 rings (SSSR count). The number of halogens is 14. The fourth-order valence-corrected chi connectivity index (χ4v) is 9.44. The van der Waals surface area contributed by atoms with Crippen LogP contribution in [0, 0.1) is 37.1 Å². The summed E-state index contributed by atoms with van der Waals surface area (Å²) in [5.41, 5.74) is -4.05. The highest BCUT2D eigenvalue weighted by atomic mass is 19.4. The summed E-state index contributed by atoms with van der Waals surface area (Å²) in [6, 6.07) is 33.4. The molecule has 0 N–H and O–H groups in total.